The maximum absolute atomic E-state index is 11.1. The van der Waals surface area contributed by atoms with Gasteiger partial charge in [-0.2, -0.15) is 8.42 Å². The predicted octanol–water partition coefficient (Wildman–Crippen LogP) is -0.628. The van der Waals surface area contributed by atoms with Crippen LogP contribution in [0.4, 0.5) is 4.79 Å². The van der Waals surface area contributed by atoms with Crippen LogP contribution in [0.25, 0.3) is 0 Å². The van der Waals surface area contributed by atoms with Gasteiger partial charge in [-0.15, -0.1) is 0 Å². The molecule has 1 heterocycles. The summed E-state index contributed by atoms with van der Waals surface area (Å²) in [5, 5.41) is -0.0960. The van der Waals surface area contributed by atoms with Crippen LogP contribution in [0.15, 0.2) is 23.4 Å². The summed E-state index contributed by atoms with van der Waals surface area (Å²) in [5.41, 5.74) is 4.64. The topological polar surface area (TPSA) is 105 Å². The summed E-state index contributed by atoms with van der Waals surface area (Å²) in [6.45, 7) is 0. The van der Waals surface area contributed by atoms with Gasteiger partial charge in [0.05, 0.1) is 0 Å². The fourth-order valence-electron chi connectivity index (χ4n) is 0.668. The second-order valence-corrected chi connectivity index (χ2v) is 3.65. The minimum Gasteiger partial charge on any atom is -0.351 e. The summed E-state index contributed by atoms with van der Waals surface area (Å²) in [5.74, 6) is 0. The first-order chi connectivity index (χ1) is 5.52. The number of primary amides is 1. The molecule has 7 heteroatoms. The highest BCUT2D eigenvalue weighted by atomic mass is 32.2. The maximum Gasteiger partial charge on any atom is 0.326 e. The Balaban J connectivity index is 2.96. The predicted molar refractivity (Wildman–Crippen MR) is 40.7 cm³/mol. The summed E-state index contributed by atoms with van der Waals surface area (Å²) in [6.07, 6.45) is 1.43. The molecule has 0 aliphatic rings. The quantitative estimate of drug-likeness (QED) is 0.576. The van der Waals surface area contributed by atoms with Gasteiger partial charge in [0.15, 0.2) is 5.03 Å². The SMILES string of the molecule is NC(=O)NS(=O)(=O)c1ccc[nH]1. The summed E-state index contributed by atoms with van der Waals surface area (Å²) in [6, 6.07) is 1.70. The fraction of sp³-hybridized carbons (Fsp3) is 0. The summed E-state index contributed by atoms with van der Waals surface area (Å²) in [7, 11) is -3.80. The van der Waals surface area contributed by atoms with Gasteiger partial charge in [-0.1, -0.05) is 0 Å². The Bertz CT molecular complexity index is 367. The van der Waals surface area contributed by atoms with Crippen LogP contribution in [0, 0.1) is 0 Å². The number of aromatic amines is 1. The zero-order valence-corrected chi connectivity index (χ0v) is 6.76. The third-order valence-corrected chi connectivity index (χ3v) is 2.40. The van der Waals surface area contributed by atoms with Crippen molar-refractivity contribution in [2.75, 3.05) is 0 Å². The van der Waals surface area contributed by atoms with E-state index in [1.54, 1.807) is 4.72 Å². The Morgan fingerprint density at radius 3 is 2.67 bits per heavy atom. The molecular weight excluding hydrogens is 182 g/mol. The van der Waals surface area contributed by atoms with Crippen LogP contribution in [-0.4, -0.2) is 19.4 Å². The van der Waals surface area contributed by atoms with Crippen LogP contribution in [0.2, 0.25) is 0 Å². The van der Waals surface area contributed by atoms with Crippen LogP contribution in [0.3, 0.4) is 0 Å². The van der Waals surface area contributed by atoms with Crippen molar-refractivity contribution in [1.82, 2.24) is 9.71 Å². The van der Waals surface area contributed by atoms with Crippen molar-refractivity contribution in [2.45, 2.75) is 5.03 Å². The molecule has 0 atom stereocenters. The van der Waals surface area contributed by atoms with Crippen LogP contribution < -0.4 is 10.5 Å². The lowest BCUT2D eigenvalue weighted by Crippen LogP contribution is -2.35. The van der Waals surface area contributed by atoms with E-state index in [2.05, 4.69) is 10.7 Å². The van der Waals surface area contributed by atoms with E-state index < -0.39 is 16.1 Å². The van der Waals surface area contributed by atoms with Gasteiger partial charge in [0, 0.05) is 6.20 Å². The molecule has 0 aliphatic carbocycles. The Morgan fingerprint density at radius 2 is 2.25 bits per heavy atom. The summed E-state index contributed by atoms with van der Waals surface area (Å²) >= 11 is 0. The van der Waals surface area contributed by atoms with Gasteiger partial charge in [0.2, 0.25) is 0 Å². The number of amides is 2. The maximum atomic E-state index is 11.1. The van der Waals surface area contributed by atoms with E-state index in [0.717, 1.165) is 0 Å². The molecule has 1 aromatic heterocycles. The number of nitrogens with two attached hydrogens (primary N) is 1. The van der Waals surface area contributed by atoms with E-state index in [0.29, 0.717) is 0 Å². The zero-order valence-electron chi connectivity index (χ0n) is 5.94. The van der Waals surface area contributed by atoms with Gasteiger partial charge in [-0.3, -0.25) is 0 Å². The van der Waals surface area contributed by atoms with Crippen molar-refractivity contribution in [1.29, 1.82) is 0 Å². The molecule has 6 nitrogen and oxygen atoms in total. The second kappa shape index (κ2) is 2.86. The third-order valence-electron chi connectivity index (χ3n) is 1.09. The van der Waals surface area contributed by atoms with Gasteiger partial charge >= 0.3 is 6.03 Å². The van der Waals surface area contributed by atoms with E-state index in [1.807, 2.05) is 0 Å². The molecule has 0 aromatic carbocycles. The van der Waals surface area contributed by atoms with E-state index in [1.165, 1.54) is 18.3 Å². The summed E-state index contributed by atoms with van der Waals surface area (Å²) < 4.78 is 23.7. The number of carbonyl (C=O) groups is 1. The third kappa shape index (κ3) is 1.76. The number of urea groups is 1. The molecule has 0 bridgehead atoms. The highest BCUT2D eigenvalue weighted by Gasteiger charge is 2.15. The highest BCUT2D eigenvalue weighted by Crippen LogP contribution is 2.02. The van der Waals surface area contributed by atoms with Gasteiger partial charge < -0.3 is 10.7 Å². The minimum absolute atomic E-state index is 0.0960. The first-order valence-electron chi connectivity index (χ1n) is 2.98. The van der Waals surface area contributed by atoms with E-state index in [9.17, 15) is 13.2 Å². The van der Waals surface area contributed by atoms with Crippen molar-refractivity contribution in [2.24, 2.45) is 5.73 Å². The van der Waals surface area contributed by atoms with Gasteiger partial charge in [-0.05, 0) is 12.1 Å². The van der Waals surface area contributed by atoms with E-state index >= 15 is 0 Å². The largest absolute Gasteiger partial charge is 0.351 e. The Hall–Kier alpha value is -1.50. The molecule has 1 aromatic rings. The smallest absolute Gasteiger partial charge is 0.326 e. The molecule has 66 valence electrons. The monoisotopic (exact) mass is 189 g/mol. The normalized spacial score (nSPS) is 11.0. The van der Waals surface area contributed by atoms with Crippen molar-refractivity contribution in [3.8, 4) is 0 Å². The molecule has 0 spiro atoms. The number of carbonyl (C=O) groups excluding carboxylic acids is 1. The fourth-order valence-corrected chi connectivity index (χ4v) is 1.52. The standard InChI is InChI=1S/C5H7N3O3S/c6-5(9)8-12(10,11)4-2-1-3-7-4/h1-3,7H,(H3,6,8,9). The molecular formula is C5H7N3O3S. The van der Waals surface area contributed by atoms with Crippen LogP contribution in [0.5, 0.6) is 0 Å². The molecule has 2 amide bonds. The molecule has 1 rings (SSSR count). The molecule has 0 aliphatic heterocycles. The lowest BCUT2D eigenvalue weighted by atomic mass is 10.7. The molecule has 0 unspecified atom stereocenters. The Kier molecular flexibility index (Phi) is 2.05. The molecule has 4 N–H and O–H groups in total. The van der Waals surface area contributed by atoms with Gasteiger partial charge in [0.25, 0.3) is 10.0 Å². The number of sulfonamides is 1. The van der Waals surface area contributed by atoms with Crippen molar-refractivity contribution in [3.63, 3.8) is 0 Å². The number of hydrogen-bond donors (Lipinski definition) is 3. The van der Waals surface area contributed by atoms with Crippen molar-refractivity contribution < 1.29 is 13.2 Å². The van der Waals surface area contributed by atoms with Gasteiger partial charge in [0.1, 0.15) is 0 Å². The Labute approximate surface area is 68.8 Å². The van der Waals surface area contributed by atoms with Crippen molar-refractivity contribution in [3.05, 3.63) is 18.3 Å². The first kappa shape index (κ1) is 8.60. The van der Waals surface area contributed by atoms with Crippen molar-refractivity contribution >= 4 is 16.1 Å². The van der Waals surface area contributed by atoms with E-state index in [4.69, 9.17) is 0 Å². The second-order valence-electron chi connectivity index (χ2n) is 2.00. The number of hydrogen-bond acceptors (Lipinski definition) is 3. The highest BCUT2D eigenvalue weighted by molar-refractivity contribution is 7.90. The number of aromatic nitrogens is 1. The molecule has 0 saturated carbocycles. The lowest BCUT2D eigenvalue weighted by Gasteiger charge is -1.99. The first-order valence-corrected chi connectivity index (χ1v) is 4.46. The van der Waals surface area contributed by atoms with Crippen LogP contribution >= 0.6 is 0 Å². The molecule has 0 saturated heterocycles. The number of H-pyrrole nitrogens is 1. The van der Waals surface area contributed by atoms with Crippen LogP contribution in [-0.2, 0) is 10.0 Å². The van der Waals surface area contributed by atoms with Gasteiger partial charge in [-0.25, -0.2) is 9.52 Å². The average molecular weight is 189 g/mol. The van der Waals surface area contributed by atoms with Crippen LogP contribution in [0.1, 0.15) is 0 Å². The van der Waals surface area contributed by atoms with E-state index in [-0.39, 0.29) is 5.03 Å². The molecule has 0 radical (unpaired) electrons. The number of rotatable bonds is 2. The summed E-state index contributed by atoms with van der Waals surface area (Å²) in [4.78, 5) is 12.7. The average Bonchev–Trinajstić information content (AvgIpc) is 2.32. The number of nitrogens with one attached hydrogen (secondary N) is 2. The molecule has 0 fully saturated rings. The Morgan fingerprint density at radius 1 is 1.58 bits per heavy atom. The lowest BCUT2D eigenvalue weighted by molar-refractivity contribution is 0.253. The minimum atomic E-state index is -3.80. The molecule has 12 heavy (non-hydrogen) atoms. The zero-order chi connectivity index (χ0) is 9.19.